The topological polar surface area (TPSA) is 130 Å². The minimum absolute atomic E-state index is 0.119. The van der Waals surface area contributed by atoms with Crippen molar-refractivity contribution in [3.63, 3.8) is 0 Å². The molecule has 4 aromatic rings. The van der Waals surface area contributed by atoms with Crippen LogP contribution in [0.25, 0.3) is 11.1 Å². The summed E-state index contributed by atoms with van der Waals surface area (Å²) in [4.78, 5) is 31.4. The SMILES string of the molecule is CCC[C@H](C(=O)c1nc2ccccc2o1)C(CS(=O)(=O)Cc1ccccc1)(OCc1ccccc1)C(N)=O. The van der Waals surface area contributed by atoms with Crippen molar-refractivity contribution in [2.24, 2.45) is 11.7 Å². The van der Waals surface area contributed by atoms with Gasteiger partial charge in [0.2, 0.25) is 5.78 Å². The number of aromatic nitrogens is 1. The summed E-state index contributed by atoms with van der Waals surface area (Å²) in [5.41, 5.74) is 5.89. The highest BCUT2D eigenvalue weighted by molar-refractivity contribution is 7.90. The lowest BCUT2D eigenvalue weighted by Gasteiger charge is -2.36. The molecule has 1 unspecified atom stereocenters. The van der Waals surface area contributed by atoms with Crippen LogP contribution in [0, 0.1) is 5.92 Å². The first kappa shape index (κ1) is 27.2. The number of carbonyl (C=O) groups is 2. The lowest BCUT2D eigenvalue weighted by molar-refractivity contribution is -0.148. The Morgan fingerprint density at radius 3 is 2.16 bits per heavy atom. The molecule has 4 rings (SSSR count). The van der Waals surface area contributed by atoms with Gasteiger partial charge in [0.05, 0.1) is 24.0 Å². The summed E-state index contributed by atoms with van der Waals surface area (Å²) in [6.45, 7) is 1.71. The molecule has 2 N–H and O–H groups in total. The second-order valence-electron chi connectivity index (χ2n) is 9.24. The number of hydrogen-bond acceptors (Lipinski definition) is 7. The zero-order chi connectivity index (χ0) is 27.2. The van der Waals surface area contributed by atoms with Crippen molar-refractivity contribution < 1.29 is 27.2 Å². The second kappa shape index (κ2) is 11.7. The van der Waals surface area contributed by atoms with Crippen molar-refractivity contribution >= 4 is 32.6 Å². The van der Waals surface area contributed by atoms with E-state index in [9.17, 15) is 18.0 Å². The molecule has 0 bridgehead atoms. The number of amides is 1. The number of fused-ring (bicyclic) bond motifs is 1. The maximum atomic E-state index is 13.9. The molecule has 0 fully saturated rings. The number of ketones is 1. The summed E-state index contributed by atoms with van der Waals surface area (Å²) >= 11 is 0. The Labute approximate surface area is 221 Å². The summed E-state index contributed by atoms with van der Waals surface area (Å²) in [6.07, 6.45) is 0.593. The van der Waals surface area contributed by atoms with Gasteiger partial charge in [-0.25, -0.2) is 13.4 Å². The second-order valence-corrected chi connectivity index (χ2v) is 11.3. The van der Waals surface area contributed by atoms with Gasteiger partial charge in [0.25, 0.3) is 11.8 Å². The molecule has 9 heteroatoms. The van der Waals surface area contributed by atoms with Gasteiger partial charge in [-0.05, 0) is 29.7 Å². The first-order chi connectivity index (χ1) is 18.2. The molecule has 0 radical (unpaired) electrons. The zero-order valence-corrected chi connectivity index (χ0v) is 21.9. The van der Waals surface area contributed by atoms with Crippen molar-refractivity contribution in [2.75, 3.05) is 5.75 Å². The van der Waals surface area contributed by atoms with E-state index in [2.05, 4.69) is 4.98 Å². The number of nitrogens with two attached hydrogens (primary N) is 1. The molecule has 1 heterocycles. The van der Waals surface area contributed by atoms with Gasteiger partial charge in [0.15, 0.2) is 21.0 Å². The third-order valence-electron chi connectivity index (χ3n) is 6.38. The molecule has 2 atom stereocenters. The van der Waals surface area contributed by atoms with Crippen LogP contribution in [0.3, 0.4) is 0 Å². The fourth-order valence-corrected chi connectivity index (χ4v) is 6.42. The van der Waals surface area contributed by atoms with Crippen LogP contribution in [0.2, 0.25) is 0 Å². The largest absolute Gasteiger partial charge is 0.434 e. The Morgan fingerprint density at radius 1 is 0.947 bits per heavy atom. The van der Waals surface area contributed by atoms with Crippen molar-refractivity contribution in [2.45, 2.75) is 37.7 Å². The number of carbonyl (C=O) groups excluding carboxylic acids is 2. The lowest BCUT2D eigenvalue weighted by Crippen LogP contribution is -2.58. The van der Waals surface area contributed by atoms with Crippen LogP contribution < -0.4 is 5.73 Å². The number of ether oxygens (including phenoxy) is 1. The van der Waals surface area contributed by atoms with E-state index < -0.39 is 38.8 Å². The van der Waals surface area contributed by atoms with Crippen LogP contribution in [0.1, 0.15) is 41.6 Å². The average Bonchev–Trinajstić information content (AvgIpc) is 3.35. The van der Waals surface area contributed by atoms with E-state index >= 15 is 0 Å². The van der Waals surface area contributed by atoms with E-state index in [0.717, 1.165) is 0 Å². The molecule has 0 spiro atoms. The standard InChI is InChI=1S/C29H30N2O6S/c1-2-11-23(26(32)27-31-24-16-9-10-17-25(24)37-27)29(28(30)33,36-18-21-12-5-3-6-13-21)20-38(34,35)19-22-14-7-4-8-15-22/h3-10,12-17,23H,2,11,18-20H2,1H3,(H2,30,33)/t23-,29?/m1/s1. The molecule has 0 aliphatic rings. The molecule has 1 amide bonds. The molecule has 3 aromatic carbocycles. The number of para-hydroxylation sites is 2. The van der Waals surface area contributed by atoms with E-state index in [1.807, 2.05) is 13.0 Å². The van der Waals surface area contributed by atoms with Crippen LogP contribution in [0.5, 0.6) is 0 Å². The highest BCUT2D eigenvalue weighted by Crippen LogP contribution is 2.34. The van der Waals surface area contributed by atoms with Crippen LogP contribution in [-0.2, 0) is 31.7 Å². The van der Waals surface area contributed by atoms with Crippen LogP contribution in [0.15, 0.2) is 89.3 Å². The highest BCUT2D eigenvalue weighted by atomic mass is 32.2. The molecule has 0 aliphatic heterocycles. The van der Waals surface area contributed by atoms with Gasteiger partial charge in [0, 0.05) is 0 Å². The molecule has 38 heavy (non-hydrogen) atoms. The molecule has 1 aromatic heterocycles. The predicted molar refractivity (Wildman–Crippen MR) is 144 cm³/mol. The smallest absolute Gasteiger partial charge is 0.264 e. The van der Waals surface area contributed by atoms with Gasteiger partial charge >= 0.3 is 0 Å². The number of benzene rings is 3. The molecule has 0 saturated heterocycles. The molecular formula is C29H30N2O6S. The van der Waals surface area contributed by atoms with Gasteiger partial charge in [-0.15, -0.1) is 0 Å². The summed E-state index contributed by atoms with van der Waals surface area (Å²) < 4.78 is 38.8. The minimum atomic E-state index is -3.97. The highest BCUT2D eigenvalue weighted by Gasteiger charge is 2.52. The first-order valence-electron chi connectivity index (χ1n) is 12.4. The number of Topliss-reactive ketones (excluding diaryl/α,β-unsaturated/α-hetero) is 1. The Kier molecular flexibility index (Phi) is 8.38. The summed E-state index contributed by atoms with van der Waals surface area (Å²) in [5.74, 6) is -4.24. The van der Waals surface area contributed by atoms with Crippen molar-refractivity contribution in [1.82, 2.24) is 4.98 Å². The Balaban J connectivity index is 1.78. The molecule has 0 aliphatic carbocycles. The predicted octanol–water partition coefficient (Wildman–Crippen LogP) is 4.48. The summed E-state index contributed by atoms with van der Waals surface area (Å²) in [5, 5.41) is 0. The average molecular weight is 535 g/mol. The fourth-order valence-electron chi connectivity index (χ4n) is 4.54. The fraction of sp³-hybridized carbons (Fsp3) is 0.276. The van der Waals surface area contributed by atoms with E-state index in [-0.39, 0.29) is 24.7 Å². The van der Waals surface area contributed by atoms with E-state index in [1.165, 1.54) is 0 Å². The quantitative estimate of drug-likeness (QED) is 0.250. The van der Waals surface area contributed by atoms with Crippen molar-refractivity contribution in [3.8, 4) is 0 Å². The molecule has 8 nitrogen and oxygen atoms in total. The summed E-state index contributed by atoms with van der Waals surface area (Å²) in [7, 11) is -3.97. The minimum Gasteiger partial charge on any atom is -0.434 e. The molecule has 198 valence electrons. The Hall–Kier alpha value is -3.82. The number of hydrogen-bond donors (Lipinski definition) is 1. The normalized spacial score (nSPS) is 14.1. The first-order valence-corrected chi connectivity index (χ1v) is 14.2. The van der Waals surface area contributed by atoms with Gasteiger partial charge in [-0.3, -0.25) is 9.59 Å². The van der Waals surface area contributed by atoms with E-state index in [0.29, 0.717) is 28.6 Å². The molecule has 0 saturated carbocycles. The van der Waals surface area contributed by atoms with Crippen LogP contribution >= 0.6 is 0 Å². The van der Waals surface area contributed by atoms with Gasteiger partial charge < -0.3 is 14.9 Å². The Morgan fingerprint density at radius 2 is 1.55 bits per heavy atom. The van der Waals surface area contributed by atoms with Crippen molar-refractivity contribution in [3.05, 3.63) is 102 Å². The third kappa shape index (κ3) is 6.17. The van der Waals surface area contributed by atoms with Crippen molar-refractivity contribution in [1.29, 1.82) is 0 Å². The maximum absolute atomic E-state index is 13.9. The maximum Gasteiger partial charge on any atom is 0.264 e. The lowest BCUT2D eigenvalue weighted by atomic mass is 9.81. The number of sulfone groups is 1. The number of nitrogens with zero attached hydrogens (tertiary/aromatic N) is 1. The number of primary amides is 1. The summed E-state index contributed by atoms with van der Waals surface area (Å²) in [6, 6.07) is 24.5. The van der Waals surface area contributed by atoms with Crippen LogP contribution in [-0.4, -0.2) is 36.4 Å². The molecular weight excluding hydrogens is 504 g/mol. The number of rotatable bonds is 13. The van der Waals surface area contributed by atoms with Gasteiger partial charge in [-0.2, -0.15) is 0 Å². The van der Waals surface area contributed by atoms with E-state index in [4.69, 9.17) is 14.9 Å². The zero-order valence-electron chi connectivity index (χ0n) is 21.1. The van der Waals surface area contributed by atoms with Gasteiger partial charge in [-0.1, -0.05) is 86.1 Å². The monoisotopic (exact) mass is 534 g/mol. The van der Waals surface area contributed by atoms with Crippen LogP contribution in [0.4, 0.5) is 0 Å². The third-order valence-corrected chi connectivity index (χ3v) is 8.02. The number of oxazole rings is 1. The van der Waals surface area contributed by atoms with Gasteiger partial charge in [0.1, 0.15) is 5.52 Å². The van der Waals surface area contributed by atoms with E-state index in [1.54, 1.807) is 78.9 Å². The Bertz CT molecular complexity index is 1470.